The van der Waals surface area contributed by atoms with Crippen LogP contribution in [0.2, 0.25) is 5.02 Å². The topological polar surface area (TPSA) is 64.2 Å². The number of nitrogens with one attached hydrogen (secondary N) is 1. The zero-order valence-electron chi connectivity index (χ0n) is 13.4. The lowest BCUT2D eigenvalue weighted by Crippen LogP contribution is -2.33. The van der Waals surface area contributed by atoms with Crippen molar-refractivity contribution in [3.05, 3.63) is 53.5 Å². The number of aromatic nitrogens is 4. The smallest absolute Gasteiger partial charge is 0.270 e. The lowest BCUT2D eigenvalue weighted by atomic mass is 10.1. The van der Waals surface area contributed by atoms with Crippen LogP contribution >= 0.6 is 11.6 Å². The van der Waals surface area contributed by atoms with Crippen LogP contribution in [-0.4, -0.2) is 31.4 Å². The van der Waals surface area contributed by atoms with Gasteiger partial charge >= 0.3 is 0 Å². The van der Waals surface area contributed by atoms with Crippen LogP contribution in [0.5, 0.6) is 0 Å². The summed E-state index contributed by atoms with van der Waals surface area (Å²) in [6.07, 6.45) is 9.51. The summed E-state index contributed by atoms with van der Waals surface area (Å²) >= 11 is 6.05. The first kappa shape index (κ1) is 15.2. The van der Waals surface area contributed by atoms with Crippen molar-refractivity contribution < 1.29 is 4.79 Å². The van der Waals surface area contributed by atoms with E-state index in [1.54, 1.807) is 22.9 Å². The maximum atomic E-state index is 12.7. The van der Waals surface area contributed by atoms with Crippen molar-refractivity contribution in [2.24, 2.45) is 5.41 Å². The van der Waals surface area contributed by atoms with Crippen molar-refractivity contribution in [2.75, 3.05) is 6.54 Å². The summed E-state index contributed by atoms with van der Waals surface area (Å²) in [4.78, 5) is 21.2. The monoisotopic (exact) mass is 343 g/mol. The highest BCUT2D eigenvalue weighted by molar-refractivity contribution is 6.30. The number of carbonyl (C=O) groups excluding carboxylic acids is 1. The summed E-state index contributed by atoms with van der Waals surface area (Å²) in [5.74, 6) is -0.112. The molecule has 6 nitrogen and oxygen atoms in total. The van der Waals surface area contributed by atoms with E-state index in [2.05, 4.69) is 19.9 Å². The predicted octanol–water partition coefficient (Wildman–Crippen LogP) is 2.70. The van der Waals surface area contributed by atoms with Gasteiger partial charge in [0.25, 0.3) is 5.91 Å². The first-order valence-corrected chi connectivity index (χ1v) is 8.32. The Labute approximate surface area is 144 Å². The second-order valence-corrected chi connectivity index (χ2v) is 6.98. The Bertz CT molecular complexity index is 895. The quantitative estimate of drug-likeness (QED) is 0.774. The molecule has 3 heterocycles. The third kappa shape index (κ3) is 2.78. The highest BCUT2D eigenvalue weighted by Crippen LogP contribution is 2.46. The number of aryl methyl sites for hydroxylation is 1. The van der Waals surface area contributed by atoms with Gasteiger partial charge in [-0.3, -0.25) is 9.20 Å². The number of hydrogen-bond acceptors (Lipinski definition) is 3. The van der Waals surface area contributed by atoms with Gasteiger partial charge in [-0.05, 0) is 31.9 Å². The van der Waals surface area contributed by atoms with Crippen molar-refractivity contribution in [2.45, 2.75) is 26.3 Å². The number of pyridine rings is 1. The van der Waals surface area contributed by atoms with Crippen molar-refractivity contribution >= 4 is 23.2 Å². The lowest BCUT2D eigenvalue weighted by Gasteiger charge is -2.16. The molecule has 0 unspecified atom stereocenters. The number of nitrogens with zero attached hydrogens (tertiary/aromatic N) is 4. The third-order valence-electron chi connectivity index (χ3n) is 4.63. The molecule has 0 aliphatic heterocycles. The lowest BCUT2D eigenvalue weighted by molar-refractivity contribution is 0.0936. The van der Waals surface area contributed by atoms with Gasteiger partial charge in [-0.2, -0.15) is 0 Å². The van der Waals surface area contributed by atoms with Crippen molar-refractivity contribution in [1.29, 1.82) is 0 Å². The summed E-state index contributed by atoms with van der Waals surface area (Å²) in [6, 6.07) is 3.59. The largest absolute Gasteiger partial charge is 0.350 e. The fraction of sp³-hybridized carbons (Fsp3) is 0.353. The first-order chi connectivity index (χ1) is 11.6. The minimum absolute atomic E-state index is 0.112. The standard InChI is InChI=1S/C17H18ClN5O/c1-12-15(23-8-13(18)2-3-14(23)21-12)16(24)20-9-17(4-5-17)10-22-7-6-19-11-22/h2-3,6-8,11H,4-5,9-10H2,1H3,(H,20,24). The molecule has 1 saturated carbocycles. The number of imidazole rings is 2. The Morgan fingerprint density at radius 1 is 1.42 bits per heavy atom. The average Bonchev–Trinajstić information content (AvgIpc) is 2.97. The minimum Gasteiger partial charge on any atom is -0.350 e. The van der Waals surface area contributed by atoms with E-state index in [-0.39, 0.29) is 11.3 Å². The van der Waals surface area contributed by atoms with E-state index in [4.69, 9.17) is 11.6 Å². The Morgan fingerprint density at radius 3 is 2.96 bits per heavy atom. The van der Waals surface area contributed by atoms with E-state index < -0.39 is 0 Å². The van der Waals surface area contributed by atoms with Gasteiger partial charge in [0, 0.05) is 37.1 Å². The highest BCUT2D eigenvalue weighted by Gasteiger charge is 2.43. The van der Waals surface area contributed by atoms with Gasteiger partial charge in [0.2, 0.25) is 0 Å². The van der Waals surface area contributed by atoms with E-state index >= 15 is 0 Å². The second kappa shape index (κ2) is 5.63. The van der Waals surface area contributed by atoms with Crippen LogP contribution in [0.4, 0.5) is 0 Å². The molecule has 1 aliphatic carbocycles. The van der Waals surface area contributed by atoms with Crippen LogP contribution in [-0.2, 0) is 6.54 Å². The number of carbonyl (C=O) groups is 1. The van der Waals surface area contributed by atoms with Crippen molar-refractivity contribution in [3.8, 4) is 0 Å². The van der Waals surface area contributed by atoms with Gasteiger partial charge in [-0.1, -0.05) is 11.6 Å². The molecule has 4 rings (SSSR count). The van der Waals surface area contributed by atoms with Gasteiger partial charge in [0.15, 0.2) is 0 Å². The first-order valence-electron chi connectivity index (χ1n) is 7.95. The molecule has 1 amide bonds. The second-order valence-electron chi connectivity index (χ2n) is 6.54. The Morgan fingerprint density at radius 2 is 2.25 bits per heavy atom. The molecule has 0 saturated heterocycles. The maximum absolute atomic E-state index is 12.7. The number of halogens is 1. The molecule has 0 spiro atoms. The highest BCUT2D eigenvalue weighted by atomic mass is 35.5. The van der Waals surface area contributed by atoms with Crippen LogP contribution in [0, 0.1) is 12.3 Å². The van der Waals surface area contributed by atoms with Crippen LogP contribution < -0.4 is 5.32 Å². The fourth-order valence-corrected chi connectivity index (χ4v) is 3.26. The zero-order chi connectivity index (χ0) is 16.7. The molecule has 0 radical (unpaired) electrons. The summed E-state index contributed by atoms with van der Waals surface area (Å²) in [5.41, 5.74) is 2.12. The maximum Gasteiger partial charge on any atom is 0.270 e. The molecule has 1 fully saturated rings. The molecular formula is C17H18ClN5O. The third-order valence-corrected chi connectivity index (χ3v) is 4.85. The molecule has 124 valence electrons. The van der Waals surface area contributed by atoms with E-state index in [0.29, 0.717) is 23.0 Å². The van der Waals surface area contributed by atoms with E-state index in [0.717, 1.165) is 25.0 Å². The molecule has 1 aliphatic rings. The molecule has 3 aromatic rings. The number of amides is 1. The molecular weight excluding hydrogens is 326 g/mol. The predicted molar refractivity (Wildman–Crippen MR) is 91.2 cm³/mol. The molecule has 24 heavy (non-hydrogen) atoms. The van der Waals surface area contributed by atoms with E-state index in [1.165, 1.54) is 0 Å². The Balaban J connectivity index is 1.51. The van der Waals surface area contributed by atoms with E-state index in [9.17, 15) is 4.79 Å². The summed E-state index contributed by atoms with van der Waals surface area (Å²) in [6.45, 7) is 3.37. The van der Waals surface area contributed by atoms with Gasteiger partial charge < -0.3 is 9.88 Å². The van der Waals surface area contributed by atoms with E-state index in [1.807, 2.05) is 25.5 Å². The van der Waals surface area contributed by atoms with Gasteiger partial charge in [0.05, 0.1) is 17.0 Å². The SMILES string of the molecule is Cc1nc2ccc(Cl)cn2c1C(=O)NCC1(Cn2ccnc2)CC1. The summed E-state index contributed by atoms with van der Waals surface area (Å²) in [7, 11) is 0. The number of rotatable bonds is 5. The Kier molecular flexibility index (Phi) is 3.57. The number of hydrogen-bond donors (Lipinski definition) is 1. The Hall–Kier alpha value is -2.34. The molecule has 0 aromatic carbocycles. The van der Waals surface area contributed by atoms with Crippen LogP contribution in [0.1, 0.15) is 29.0 Å². The molecule has 1 N–H and O–H groups in total. The molecule has 3 aromatic heterocycles. The van der Waals surface area contributed by atoms with Crippen LogP contribution in [0.15, 0.2) is 37.1 Å². The fourth-order valence-electron chi connectivity index (χ4n) is 3.10. The normalized spacial score (nSPS) is 15.6. The molecule has 0 atom stereocenters. The summed E-state index contributed by atoms with van der Waals surface area (Å²) < 4.78 is 3.82. The van der Waals surface area contributed by atoms with Crippen molar-refractivity contribution in [3.63, 3.8) is 0 Å². The average molecular weight is 344 g/mol. The van der Waals surface area contributed by atoms with Gasteiger partial charge in [-0.15, -0.1) is 0 Å². The van der Waals surface area contributed by atoms with Crippen molar-refractivity contribution in [1.82, 2.24) is 24.3 Å². The van der Waals surface area contributed by atoms with Gasteiger partial charge in [-0.25, -0.2) is 9.97 Å². The van der Waals surface area contributed by atoms with Gasteiger partial charge in [0.1, 0.15) is 11.3 Å². The van der Waals surface area contributed by atoms with Crippen LogP contribution in [0.25, 0.3) is 5.65 Å². The minimum atomic E-state index is -0.112. The molecule has 0 bridgehead atoms. The molecule has 7 heteroatoms. The van der Waals surface area contributed by atoms with Crippen LogP contribution in [0.3, 0.4) is 0 Å². The summed E-state index contributed by atoms with van der Waals surface area (Å²) in [5, 5.41) is 3.65. The number of fused-ring (bicyclic) bond motifs is 1. The zero-order valence-corrected chi connectivity index (χ0v) is 14.1.